The summed E-state index contributed by atoms with van der Waals surface area (Å²) in [6, 6.07) is 15.1. The van der Waals surface area contributed by atoms with Crippen LogP contribution in [0.25, 0.3) is 11.4 Å². The molecule has 3 aromatic rings. The molecule has 2 aromatic carbocycles. The van der Waals surface area contributed by atoms with Crippen molar-refractivity contribution < 1.29 is 9.32 Å². The van der Waals surface area contributed by atoms with Crippen LogP contribution in [0.15, 0.2) is 53.1 Å². The summed E-state index contributed by atoms with van der Waals surface area (Å²) in [5.74, 6) is 1.04. The molecule has 0 aliphatic carbocycles. The van der Waals surface area contributed by atoms with Gasteiger partial charge in [0.2, 0.25) is 17.6 Å². The quantitative estimate of drug-likeness (QED) is 0.698. The van der Waals surface area contributed by atoms with Crippen LogP contribution in [0.3, 0.4) is 0 Å². The molecule has 1 N–H and O–H groups in total. The third-order valence-electron chi connectivity index (χ3n) is 3.77. The Kier molecular flexibility index (Phi) is 5.46. The number of hydrogen-bond donors (Lipinski definition) is 1. The Morgan fingerprint density at radius 3 is 2.80 bits per heavy atom. The summed E-state index contributed by atoms with van der Waals surface area (Å²) in [7, 11) is 0. The number of aryl methyl sites for hydroxylation is 2. The summed E-state index contributed by atoms with van der Waals surface area (Å²) in [4.78, 5) is 16.4. The maximum Gasteiger partial charge on any atom is 0.226 e. The summed E-state index contributed by atoms with van der Waals surface area (Å²) in [6.07, 6.45) is 1.55. The lowest BCUT2D eigenvalue weighted by atomic mass is 10.2. The van der Waals surface area contributed by atoms with E-state index >= 15 is 0 Å². The fraction of sp³-hybridized carbons (Fsp3) is 0.211. The van der Waals surface area contributed by atoms with Crippen molar-refractivity contribution in [3.63, 3.8) is 0 Å². The lowest BCUT2D eigenvalue weighted by Gasteiger charge is -2.08. The van der Waals surface area contributed by atoms with E-state index in [2.05, 4.69) is 15.5 Å². The number of carbonyl (C=O) groups excluding carboxylic acids is 1. The van der Waals surface area contributed by atoms with Gasteiger partial charge < -0.3 is 9.84 Å². The molecule has 1 heterocycles. The summed E-state index contributed by atoms with van der Waals surface area (Å²) >= 11 is 5.96. The predicted octanol–water partition coefficient (Wildman–Crippen LogP) is 4.66. The average molecular weight is 356 g/mol. The minimum atomic E-state index is -0.0619. The molecule has 0 fully saturated rings. The Morgan fingerprint density at radius 2 is 2.00 bits per heavy atom. The minimum absolute atomic E-state index is 0.0619. The molecule has 0 aliphatic rings. The van der Waals surface area contributed by atoms with Gasteiger partial charge in [-0.1, -0.05) is 53.2 Å². The normalized spacial score (nSPS) is 10.6. The molecule has 0 saturated carbocycles. The van der Waals surface area contributed by atoms with Crippen molar-refractivity contribution in [3.8, 4) is 11.4 Å². The second-order valence-corrected chi connectivity index (χ2v) is 6.18. The first kappa shape index (κ1) is 17.2. The minimum Gasteiger partial charge on any atom is -0.339 e. The van der Waals surface area contributed by atoms with Crippen LogP contribution in [-0.2, 0) is 11.2 Å². The SMILES string of the molecule is Cc1ccc(Cl)cc1NC(=O)CCCc1nc(-c2ccccc2)no1. The molecular weight excluding hydrogens is 338 g/mol. The average Bonchev–Trinajstić information content (AvgIpc) is 3.08. The van der Waals surface area contributed by atoms with E-state index < -0.39 is 0 Å². The van der Waals surface area contributed by atoms with Crippen LogP contribution >= 0.6 is 11.6 Å². The molecule has 0 radical (unpaired) electrons. The number of carbonyl (C=O) groups is 1. The zero-order chi connectivity index (χ0) is 17.6. The molecule has 0 aliphatic heterocycles. The molecule has 1 aromatic heterocycles. The molecular formula is C19H18ClN3O2. The van der Waals surface area contributed by atoms with Crippen LogP contribution in [0.5, 0.6) is 0 Å². The van der Waals surface area contributed by atoms with Crippen molar-refractivity contribution in [3.05, 3.63) is 65.0 Å². The van der Waals surface area contributed by atoms with Crippen molar-refractivity contribution in [2.75, 3.05) is 5.32 Å². The van der Waals surface area contributed by atoms with Crippen molar-refractivity contribution >= 4 is 23.2 Å². The second kappa shape index (κ2) is 7.94. The summed E-state index contributed by atoms with van der Waals surface area (Å²) < 4.78 is 5.24. The van der Waals surface area contributed by atoms with Gasteiger partial charge in [0.15, 0.2) is 0 Å². The molecule has 0 bridgehead atoms. The summed E-state index contributed by atoms with van der Waals surface area (Å²) in [6.45, 7) is 1.93. The lowest BCUT2D eigenvalue weighted by Crippen LogP contribution is -2.12. The largest absolute Gasteiger partial charge is 0.339 e. The van der Waals surface area contributed by atoms with Crippen LogP contribution in [0.1, 0.15) is 24.3 Å². The van der Waals surface area contributed by atoms with Gasteiger partial charge in [0.25, 0.3) is 0 Å². The summed E-state index contributed by atoms with van der Waals surface area (Å²) in [5, 5.41) is 7.45. The number of nitrogens with one attached hydrogen (secondary N) is 1. The molecule has 1 amide bonds. The van der Waals surface area contributed by atoms with E-state index in [1.807, 2.05) is 43.3 Å². The first-order valence-electron chi connectivity index (χ1n) is 8.06. The van der Waals surface area contributed by atoms with Crippen LogP contribution in [0.4, 0.5) is 5.69 Å². The zero-order valence-electron chi connectivity index (χ0n) is 13.8. The lowest BCUT2D eigenvalue weighted by molar-refractivity contribution is -0.116. The van der Waals surface area contributed by atoms with Gasteiger partial charge in [0, 0.05) is 29.1 Å². The molecule has 25 heavy (non-hydrogen) atoms. The number of nitrogens with zero attached hydrogens (tertiary/aromatic N) is 2. The van der Waals surface area contributed by atoms with Crippen molar-refractivity contribution in [1.82, 2.24) is 10.1 Å². The van der Waals surface area contributed by atoms with Gasteiger partial charge in [-0.25, -0.2) is 0 Å². The Balaban J connectivity index is 1.50. The number of rotatable bonds is 6. The van der Waals surface area contributed by atoms with E-state index in [9.17, 15) is 4.79 Å². The van der Waals surface area contributed by atoms with Gasteiger partial charge in [-0.3, -0.25) is 4.79 Å². The van der Waals surface area contributed by atoms with E-state index in [1.165, 1.54) is 0 Å². The Morgan fingerprint density at radius 1 is 1.20 bits per heavy atom. The van der Waals surface area contributed by atoms with Crippen molar-refractivity contribution in [1.29, 1.82) is 0 Å². The molecule has 5 nitrogen and oxygen atoms in total. The fourth-order valence-corrected chi connectivity index (χ4v) is 2.57. The van der Waals surface area contributed by atoms with Gasteiger partial charge in [0.1, 0.15) is 0 Å². The fourth-order valence-electron chi connectivity index (χ4n) is 2.40. The standard InChI is InChI=1S/C19H18ClN3O2/c1-13-10-11-15(20)12-16(13)21-17(24)8-5-9-18-22-19(23-25-18)14-6-3-2-4-7-14/h2-4,6-7,10-12H,5,8-9H2,1H3,(H,21,24). The van der Waals surface area contributed by atoms with E-state index in [-0.39, 0.29) is 5.91 Å². The molecule has 3 rings (SSSR count). The van der Waals surface area contributed by atoms with Gasteiger partial charge in [-0.15, -0.1) is 0 Å². The maximum absolute atomic E-state index is 12.1. The first-order chi connectivity index (χ1) is 12.1. The van der Waals surface area contributed by atoms with Crippen LogP contribution in [0.2, 0.25) is 5.02 Å². The van der Waals surface area contributed by atoms with Gasteiger partial charge in [-0.2, -0.15) is 4.98 Å². The molecule has 128 valence electrons. The van der Waals surface area contributed by atoms with E-state index in [1.54, 1.807) is 12.1 Å². The monoisotopic (exact) mass is 355 g/mol. The Labute approximate surface area is 151 Å². The number of aromatic nitrogens is 2. The first-order valence-corrected chi connectivity index (χ1v) is 8.43. The van der Waals surface area contributed by atoms with Gasteiger partial charge in [-0.05, 0) is 31.0 Å². The molecule has 0 unspecified atom stereocenters. The number of benzene rings is 2. The van der Waals surface area contributed by atoms with E-state index in [4.69, 9.17) is 16.1 Å². The summed E-state index contributed by atoms with van der Waals surface area (Å²) in [5.41, 5.74) is 2.62. The highest BCUT2D eigenvalue weighted by atomic mass is 35.5. The molecule has 0 spiro atoms. The van der Waals surface area contributed by atoms with Gasteiger partial charge in [0.05, 0.1) is 0 Å². The van der Waals surface area contributed by atoms with Crippen LogP contribution in [0, 0.1) is 6.92 Å². The smallest absolute Gasteiger partial charge is 0.226 e. The maximum atomic E-state index is 12.1. The molecule has 0 atom stereocenters. The molecule has 0 saturated heterocycles. The third kappa shape index (κ3) is 4.67. The van der Waals surface area contributed by atoms with E-state index in [0.717, 1.165) is 16.8 Å². The topological polar surface area (TPSA) is 68.0 Å². The van der Waals surface area contributed by atoms with Crippen LogP contribution < -0.4 is 5.32 Å². The van der Waals surface area contributed by atoms with Gasteiger partial charge >= 0.3 is 0 Å². The Hall–Kier alpha value is -2.66. The van der Waals surface area contributed by atoms with E-state index in [0.29, 0.717) is 36.0 Å². The molecule has 6 heteroatoms. The second-order valence-electron chi connectivity index (χ2n) is 5.74. The Bertz CT molecular complexity index is 862. The third-order valence-corrected chi connectivity index (χ3v) is 4.00. The highest BCUT2D eigenvalue weighted by Gasteiger charge is 2.10. The highest BCUT2D eigenvalue weighted by Crippen LogP contribution is 2.20. The predicted molar refractivity (Wildman–Crippen MR) is 97.5 cm³/mol. The number of hydrogen-bond acceptors (Lipinski definition) is 4. The number of amides is 1. The van der Waals surface area contributed by atoms with Crippen molar-refractivity contribution in [2.24, 2.45) is 0 Å². The number of anilines is 1. The van der Waals surface area contributed by atoms with Crippen molar-refractivity contribution in [2.45, 2.75) is 26.2 Å². The zero-order valence-corrected chi connectivity index (χ0v) is 14.6. The number of halogens is 1. The van der Waals surface area contributed by atoms with Crippen LogP contribution in [-0.4, -0.2) is 16.0 Å². The highest BCUT2D eigenvalue weighted by molar-refractivity contribution is 6.31.